The zero-order valence-corrected chi connectivity index (χ0v) is 24.4. The predicted octanol–water partition coefficient (Wildman–Crippen LogP) is 5.99. The van der Waals surface area contributed by atoms with E-state index < -0.39 is 0 Å². The molecule has 1 heterocycles. The van der Waals surface area contributed by atoms with Gasteiger partial charge < -0.3 is 10.2 Å². The molecule has 0 radical (unpaired) electrons. The Kier molecular flexibility index (Phi) is 11.7. The zero-order chi connectivity index (χ0) is 27.6. The van der Waals surface area contributed by atoms with Gasteiger partial charge >= 0.3 is 0 Å². The Morgan fingerprint density at radius 2 is 1.62 bits per heavy atom. The molecule has 1 N–H and O–H groups in total. The molecule has 0 saturated heterocycles. The van der Waals surface area contributed by atoms with Crippen LogP contribution in [-0.2, 0) is 15.0 Å². The molecule has 0 spiro atoms. The van der Waals surface area contributed by atoms with Gasteiger partial charge in [-0.1, -0.05) is 82.2 Å². The molecule has 0 saturated carbocycles. The minimum atomic E-state index is 0.00503. The first kappa shape index (κ1) is 30.4. The van der Waals surface area contributed by atoms with Crippen molar-refractivity contribution in [3.8, 4) is 17.1 Å². The maximum absolute atomic E-state index is 12.4. The van der Waals surface area contributed by atoms with Gasteiger partial charge in [0.05, 0.1) is 5.75 Å². The fourth-order valence-electron chi connectivity index (χ4n) is 3.38. The van der Waals surface area contributed by atoms with Crippen LogP contribution in [0, 0.1) is 0 Å². The molecule has 2 aromatic carbocycles. The molecule has 3 aromatic rings. The lowest BCUT2D eigenvalue weighted by molar-refractivity contribution is -0.119. The van der Waals surface area contributed by atoms with Gasteiger partial charge in [0.25, 0.3) is 0 Å². The van der Waals surface area contributed by atoms with Crippen molar-refractivity contribution in [3.63, 3.8) is 0 Å². The summed E-state index contributed by atoms with van der Waals surface area (Å²) in [4.78, 5) is 23.3. The number of thioether (sulfide) groups is 1. The van der Waals surface area contributed by atoms with Gasteiger partial charge in [-0.15, -0.1) is 10.2 Å². The zero-order valence-electron chi connectivity index (χ0n) is 22.8. The highest BCUT2D eigenvalue weighted by atomic mass is 35.5. The second-order valence-corrected chi connectivity index (χ2v) is 11.3. The van der Waals surface area contributed by atoms with Crippen molar-refractivity contribution in [2.24, 2.45) is 0 Å². The molecule has 0 aliphatic heterocycles. The van der Waals surface area contributed by atoms with E-state index in [9.17, 15) is 9.59 Å². The van der Waals surface area contributed by atoms with Crippen LogP contribution in [0.3, 0.4) is 0 Å². The van der Waals surface area contributed by atoms with Crippen LogP contribution in [-0.4, -0.2) is 57.9 Å². The van der Waals surface area contributed by atoms with Crippen molar-refractivity contribution in [3.05, 3.63) is 59.1 Å². The topological polar surface area (TPSA) is 80.1 Å². The maximum atomic E-state index is 12.4. The number of carbonyl (C=O) groups is 2. The van der Waals surface area contributed by atoms with E-state index in [0.29, 0.717) is 10.2 Å². The highest BCUT2D eigenvalue weighted by Gasteiger charge is 2.19. The lowest BCUT2D eigenvalue weighted by Crippen LogP contribution is -2.35. The standard InChI is InChI=1S/C25H31ClN4OS.C3H7NO/c1-6-20(7-2)27-22(31)16-32-24-29-28-23(30(24)21-14-12-19(26)13-15-21)17-8-10-18(11-9-17)25(3,4)5;1-4(2)3-5/h8-15,20H,6-7,16H2,1-5H3,(H,27,31);3H,1-2H3. The van der Waals surface area contributed by atoms with Crippen LogP contribution in [0.25, 0.3) is 17.1 Å². The van der Waals surface area contributed by atoms with E-state index >= 15 is 0 Å². The molecule has 0 bridgehead atoms. The van der Waals surface area contributed by atoms with Gasteiger partial charge in [-0.2, -0.15) is 0 Å². The third kappa shape index (κ3) is 9.20. The van der Waals surface area contributed by atoms with Crippen LogP contribution in [0.2, 0.25) is 5.02 Å². The number of amides is 2. The molecule has 1 aromatic heterocycles. The van der Waals surface area contributed by atoms with Crippen LogP contribution < -0.4 is 5.32 Å². The van der Waals surface area contributed by atoms with Gasteiger partial charge in [-0.05, 0) is 48.1 Å². The minimum absolute atomic E-state index is 0.00503. The summed E-state index contributed by atoms with van der Waals surface area (Å²) in [6, 6.07) is 16.2. The Hall–Kier alpha value is -2.84. The molecule has 0 aliphatic carbocycles. The molecule has 3 rings (SSSR count). The molecule has 0 fully saturated rings. The summed E-state index contributed by atoms with van der Waals surface area (Å²) in [6.07, 6.45) is 2.59. The molecule has 0 atom stereocenters. The Morgan fingerprint density at radius 3 is 2.11 bits per heavy atom. The first-order valence-electron chi connectivity index (χ1n) is 12.4. The average molecular weight is 544 g/mol. The Morgan fingerprint density at radius 1 is 1.05 bits per heavy atom. The van der Waals surface area contributed by atoms with Crippen molar-refractivity contribution in [2.75, 3.05) is 19.8 Å². The highest BCUT2D eigenvalue weighted by molar-refractivity contribution is 7.99. The van der Waals surface area contributed by atoms with Crippen LogP contribution in [0.1, 0.15) is 53.0 Å². The second kappa shape index (κ2) is 14.2. The molecular weight excluding hydrogens is 506 g/mol. The normalized spacial score (nSPS) is 11.1. The van der Waals surface area contributed by atoms with Gasteiger partial charge in [0, 0.05) is 36.4 Å². The van der Waals surface area contributed by atoms with Gasteiger partial charge in [0.2, 0.25) is 12.3 Å². The van der Waals surface area contributed by atoms with E-state index in [-0.39, 0.29) is 23.1 Å². The molecule has 7 nitrogen and oxygen atoms in total. The van der Waals surface area contributed by atoms with E-state index in [0.717, 1.165) is 36.3 Å². The molecule has 200 valence electrons. The fraction of sp³-hybridized carbons (Fsp3) is 0.429. The summed E-state index contributed by atoms with van der Waals surface area (Å²) < 4.78 is 1.98. The van der Waals surface area contributed by atoms with Crippen LogP contribution in [0.5, 0.6) is 0 Å². The lowest BCUT2D eigenvalue weighted by Gasteiger charge is -2.19. The lowest BCUT2D eigenvalue weighted by atomic mass is 9.87. The number of rotatable bonds is 9. The van der Waals surface area contributed by atoms with E-state index in [1.807, 2.05) is 28.8 Å². The number of hydrogen-bond acceptors (Lipinski definition) is 5. The van der Waals surface area contributed by atoms with Gasteiger partial charge in [0.15, 0.2) is 11.0 Å². The van der Waals surface area contributed by atoms with E-state index in [2.05, 4.69) is 74.4 Å². The Bertz CT molecular complexity index is 1130. The quantitative estimate of drug-likeness (QED) is 0.265. The number of halogens is 1. The Balaban J connectivity index is 0.000000877. The molecule has 2 amide bonds. The largest absolute Gasteiger partial charge is 0.353 e. The highest BCUT2D eigenvalue weighted by Crippen LogP contribution is 2.30. The minimum Gasteiger partial charge on any atom is -0.353 e. The summed E-state index contributed by atoms with van der Waals surface area (Å²) in [7, 11) is 3.38. The number of nitrogens with zero attached hydrogens (tertiary/aromatic N) is 4. The SMILES string of the molecule is CCC(CC)NC(=O)CSc1nnc(-c2ccc(C(C)(C)C)cc2)n1-c1ccc(Cl)cc1.CN(C)C=O. The Labute approximate surface area is 230 Å². The van der Waals surface area contributed by atoms with Crippen LogP contribution >= 0.6 is 23.4 Å². The number of aromatic nitrogens is 3. The molecule has 9 heteroatoms. The van der Waals surface area contributed by atoms with Crippen molar-refractivity contribution in [1.82, 2.24) is 25.0 Å². The smallest absolute Gasteiger partial charge is 0.230 e. The predicted molar refractivity (Wildman–Crippen MR) is 153 cm³/mol. The van der Waals surface area contributed by atoms with Crippen LogP contribution in [0.4, 0.5) is 0 Å². The summed E-state index contributed by atoms with van der Waals surface area (Å²) in [5, 5.41) is 13.3. The van der Waals surface area contributed by atoms with Gasteiger partial charge in [-0.25, -0.2) is 0 Å². The van der Waals surface area contributed by atoms with E-state index in [4.69, 9.17) is 11.6 Å². The van der Waals surface area contributed by atoms with Gasteiger partial charge in [0.1, 0.15) is 0 Å². The summed E-state index contributed by atoms with van der Waals surface area (Å²) in [6.45, 7) is 10.7. The van der Waals surface area contributed by atoms with Gasteiger partial charge in [-0.3, -0.25) is 14.2 Å². The van der Waals surface area contributed by atoms with Crippen molar-refractivity contribution in [1.29, 1.82) is 0 Å². The number of hydrogen-bond donors (Lipinski definition) is 1. The van der Waals surface area contributed by atoms with Crippen molar-refractivity contribution < 1.29 is 9.59 Å². The first-order valence-corrected chi connectivity index (χ1v) is 13.7. The monoisotopic (exact) mass is 543 g/mol. The van der Waals surface area contributed by atoms with E-state index in [1.165, 1.54) is 22.2 Å². The second-order valence-electron chi connectivity index (χ2n) is 9.88. The number of nitrogens with one attached hydrogen (secondary N) is 1. The molecule has 37 heavy (non-hydrogen) atoms. The molecule has 0 unspecified atom stereocenters. The first-order chi connectivity index (χ1) is 17.5. The molecule has 0 aliphatic rings. The summed E-state index contributed by atoms with van der Waals surface area (Å²) in [5.74, 6) is 1.02. The maximum Gasteiger partial charge on any atom is 0.230 e. The summed E-state index contributed by atoms with van der Waals surface area (Å²) >= 11 is 7.49. The summed E-state index contributed by atoms with van der Waals surface area (Å²) in [5.41, 5.74) is 3.20. The van der Waals surface area contributed by atoms with Crippen LogP contribution in [0.15, 0.2) is 53.7 Å². The number of benzene rings is 2. The fourth-order valence-corrected chi connectivity index (χ4v) is 4.27. The third-order valence-electron chi connectivity index (χ3n) is 5.62. The van der Waals surface area contributed by atoms with Crippen molar-refractivity contribution >= 4 is 35.7 Å². The molecular formula is C28H38ClN5O2S. The van der Waals surface area contributed by atoms with Crippen molar-refractivity contribution in [2.45, 2.75) is 64.1 Å². The number of carbonyl (C=O) groups excluding carboxylic acids is 2. The third-order valence-corrected chi connectivity index (χ3v) is 6.80. The average Bonchev–Trinajstić information content (AvgIpc) is 3.30. The van der Waals surface area contributed by atoms with E-state index in [1.54, 1.807) is 14.1 Å².